The Labute approximate surface area is 220 Å². The highest BCUT2D eigenvalue weighted by Gasteiger charge is 2.23. The number of fused-ring (bicyclic) bond motifs is 2. The summed E-state index contributed by atoms with van der Waals surface area (Å²) in [6.07, 6.45) is 2.69. The van der Waals surface area contributed by atoms with E-state index in [1.165, 1.54) is 5.56 Å². The fourth-order valence-electron chi connectivity index (χ4n) is 4.07. The molecule has 0 aliphatic carbocycles. The largest absolute Gasteiger partial charge is 0.489 e. The Bertz CT molecular complexity index is 1190. The summed E-state index contributed by atoms with van der Waals surface area (Å²) in [6, 6.07) is 14.2. The molecule has 0 amide bonds. The van der Waals surface area contributed by atoms with E-state index in [-0.39, 0.29) is 31.8 Å². The van der Waals surface area contributed by atoms with Gasteiger partial charge in [-0.3, -0.25) is 0 Å². The Hall–Kier alpha value is -2.90. The Morgan fingerprint density at radius 1 is 0.757 bits per heavy atom. The van der Waals surface area contributed by atoms with E-state index in [0.717, 1.165) is 28.0 Å². The van der Waals surface area contributed by atoms with Crippen molar-refractivity contribution in [2.75, 3.05) is 39.6 Å². The predicted octanol–water partition coefficient (Wildman–Crippen LogP) is 5.57. The zero-order valence-corrected chi connectivity index (χ0v) is 22.2. The Morgan fingerprint density at radius 3 is 1.73 bits per heavy atom. The summed E-state index contributed by atoms with van der Waals surface area (Å²) in [7, 11) is 0. The highest BCUT2D eigenvalue weighted by Crippen LogP contribution is 2.44. The van der Waals surface area contributed by atoms with E-state index in [2.05, 4.69) is 52.1 Å². The van der Waals surface area contributed by atoms with Gasteiger partial charge in [0.2, 0.25) is 0 Å². The normalized spacial score (nSPS) is 13.4. The molecule has 2 unspecified atom stereocenters. The van der Waals surface area contributed by atoms with Crippen LogP contribution in [0.25, 0.3) is 21.5 Å². The molecule has 37 heavy (non-hydrogen) atoms. The van der Waals surface area contributed by atoms with E-state index in [9.17, 15) is 10.2 Å². The van der Waals surface area contributed by atoms with E-state index in [0.29, 0.717) is 24.7 Å². The lowest BCUT2D eigenvalue weighted by molar-refractivity contribution is 0.0216. The minimum Gasteiger partial charge on any atom is -0.489 e. The summed E-state index contributed by atoms with van der Waals surface area (Å²) in [5.74, 6) is 1.36. The smallest absolute Gasteiger partial charge is 0.135 e. The lowest BCUT2D eigenvalue weighted by Crippen LogP contribution is -2.24. The molecule has 0 saturated heterocycles. The molecule has 0 aromatic heterocycles. The van der Waals surface area contributed by atoms with Crippen molar-refractivity contribution in [3.63, 3.8) is 0 Å². The molecule has 6 nitrogen and oxygen atoms in total. The zero-order chi connectivity index (χ0) is 26.8. The van der Waals surface area contributed by atoms with Crippen LogP contribution in [-0.2, 0) is 14.9 Å². The van der Waals surface area contributed by atoms with Crippen LogP contribution in [0.4, 0.5) is 0 Å². The first-order valence-corrected chi connectivity index (χ1v) is 12.8. The number of hydrogen-bond donors (Lipinski definition) is 2. The van der Waals surface area contributed by atoms with Crippen LogP contribution in [0.3, 0.4) is 0 Å². The lowest BCUT2D eigenvalue weighted by Gasteiger charge is -2.25. The predicted molar refractivity (Wildman–Crippen MR) is 150 cm³/mol. The van der Waals surface area contributed by atoms with Crippen molar-refractivity contribution in [2.45, 2.75) is 44.8 Å². The molecule has 0 aliphatic rings. The molecule has 2 N–H and O–H groups in total. The highest BCUT2D eigenvalue weighted by atomic mass is 16.5. The molecular formula is C31H40O6. The fraction of sp³-hybridized carbons (Fsp3) is 0.419. The molecule has 0 bridgehead atoms. The summed E-state index contributed by atoms with van der Waals surface area (Å²) in [6.45, 7) is 15.1. The first-order valence-electron chi connectivity index (χ1n) is 12.8. The van der Waals surface area contributed by atoms with Crippen molar-refractivity contribution in [3.8, 4) is 11.5 Å². The third-order valence-electron chi connectivity index (χ3n) is 6.52. The molecule has 2 atom stereocenters. The molecule has 0 saturated carbocycles. The van der Waals surface area contributed by atoms with Crippen LogP contribution < -0.4 is 9.47 Å². The minimum absolute atomic E-state index is 0.0329. The number of aliphatic hydroxyl groups is 2. The third kappa shape index (κ3) is 7.33. The van der Waals surface area contributed by atoms with E-state index < -0.39 is 12.2 Å². The minimum atomic E-state index is -0.786. The molecule has 200 valence electrons. The summed E-state index contributed by atoms with van der Waals surface area (Å²) in [4.78, 5) is 0. The van der Waals surface area contributed by atoms with Crippen molar-refractivity contribution in [3.05, 3.63) is 73.3 Å². The first kappa shape index (κ1) is 28.7. The first-order chi connectivity index (χ1) is 17.8. The second-order valence-corrected chi connectivity index (χ2v) is 9.78. The van der Waals surface area contributed by atoms with Gasteiger partial charge in [-0.25, -0.2) is 0 Å². The topological polar surface area (TPSA) is 77.4 Å². The van der Waals surface area contributed by atoms with Crippen molar-refractivity contribution < 1.29 is 29.2 Å². The number of aliphatic hydroxyl groups excluding tert-OH is 2. The second kappa shape index (κ2) is 13.6. The van der Waals surface area contributed by atoms with Crippen LogP contribution in [0.1, 0.15) is 32.8 Å². The van der Waals surface area contributed by atoms with Crippen molar-refractivity contribution in [1.82, 2.24) is 0 Å². The van der Waals surface area contributed by atoms with Crippen molar-refractivity contribution >= 4 is 21.5 Å². The Kier molecular flexibility index (Phi) is 10.5. The molecule has 0 fully saturated rings. The van der Waals surface area contributed by atoms with E-state index in [1.807, 2.05) is 24.3 Å². The average Bonchev–Trinajstić information content (AvgIpc) is 2.90. The van der Waals surface area contributed by atoms with Crippen LogP contribution in [-0.4, -0.2) is 62.1 Å². The summed E-state index contributed by atoms with van der Waals surface area (Å²) in [5.41, 5.74) is 1.15. The average molecular weight is 509 g/mol. The molecule has 3 aromatic rings. The number of ether oxygens (including phenoxy) is 4. The van der Waals surface area contributed by atoms with Gasteiger partial charge in [0, 0.05) is 21.5 Å². The van der Waals surface area contributed by atoms with Gasteiger partial charge < -0.3 is 29.2 Å². The summed E-state index contributed by atoms with van der Waals surface area (Å²) >= 11 is 0. The molecule has 0 aliphatic heterocycles. The van der Waals surface area contributed by atoms with Gasteiger partial charge in [-0.05, 0) is 23.5 Å². The standard InChI is InChI=1S/C31H40O6/c1-6-15-34-18-23(32)20-36-29-25-11-9-10-12-26(25)30(37-21-24(33)19-35-16-7-2)28-17-22(13-14-27(28)29)31(4,5)8-3/h6-7,9-14,17,23-24,32-33H,1-2,8,15-16,18-21H2,3-5H3. The Balaban J connectivity index is 2.06. The second-order valence-electron chi connectivity index (χ2n) is 9.78. The van der Waals surface area contributed by atoms with Gasteiger partial charge in [0.05, 0.1) is 26.4 Å². The molecule has 3 aromatic carbocycles. The number of rotatable bonds is 16. The van der Waals surface area contributed by atoms with E-state index in [1.54, 1.807) is 12.2 Å². The molecule has 0 spiro atoms. The molecule has 3 rings (SSSR count). The number of benzene rings is 3. The SMILES string of the molecule is C=CCOCC(O)COc1c2ccccc2c(OCC(O)COCC=C)c2cc(C(C)(C)CC)ccc12. The zero-order valence-electron chi connectivity index (χ0n) is 22.2. The van der Waals surface area contributed by atoms with Gasteiger partial charge in [0.1, 0.15) is 36.9 Å². The van der Waals surface area contributed by atoms with Gasteiger partial charge in [0.25, 0.3) is 0 Å². The summed E-state index contributed by atoms with van der Waals surface area (Å²) < 4.78 is 23.3. The van der Waals surface area contributed by atoms with Crippen LogP contribution >= 0.6 is 0 Å². The van der Waals surface area contributed by atoms with Crippen LogP contribution in [0, 0.1) is 0 Å². The van der Waals surface area contributed by atoms with E-state index >= 15 is 0 Å². The van der Waals surface area contributed by atoms with Crippen molar-refractivity contribution in [1.29, 1.82) is 0 Å². The van der Waals surface area contributed by atoms with Gasteiger partial charge in [-0.15, -0.1) is 13.2 Å². The van der Waals surface area contributed by atoms with Gasteiger partial charge in [-0.2, -0.15) is 0 Å². The number of hydrogen-bond acceptors (Lipinski definition) is 6. The highest BCUT2D eigenvalue weighted by molar-refractivity contribution is 6.11. The Morgan fingerprint density at radius 2 is 1.24 bits per heavy atom. The van der Waals surface area contributed by atoms with Crippen LogP contribution in [0.5, 0.6) is 11.5 Å². The monoisotopic (exact) mass is 508 g/mol. The maximum atomic E-state index is 10.4. The molecule has 0 radical (unpaired) electrons. The van der Waals surface area contributed by atoms with Crippen LogP contribution in [0.2, 0.25) is 0 Å². The van der Waals surface area contributed by atoms with Gasteiger partial charge >= 0.3 is 0 Å². The van der Waals surface area contributed by atoms with Gasteiger partial charge in [-0.1, -0.05) is 69.3 Å². The maximum Gasteiger partial charge on any atom is 0.135 e. The fourth-order valence-corrected chi connectivity index (χ4v) is 4.07. The summed E-state index contributed by atoms with van der Waals surface area (Å²) in [5, 5.41) is 24.3. The maximum absolute atomic E-state index is 10.4. The molecule has 6 heteroatoms. The van der Waals surface area contributed by atoms with Crippen LogP contribution in [0.15, 0.2) is 67.8 Å². The van der Waals surface area contributed by atoms with Crippen molar-refractivity contribution in [2.24, 2.45) is 0 Å². The lowest BCUT2D eigenvalue weighted by atomic mass is 9.81. The van der Waals surface area contributed by atoms with E-state index in [4.69, 9.17) is 18.9 Å². The molecular weight excluding hydrogens is 468 g/mol. The third-order valence-corrected chi connectivity index (χ3v) is 6.52. The van der Waals surface area contributed by atoms with Gasteiger partial charge in [0.15, 0.2) is 0 Å². The molecule has 0 heterocycles. The quantitative estimate of drug-likeness (QED) is 0.150.